The monoisotopic (exact) mass is 304 g/mol. The Labute approximate surface area is 128 Å². The molecule has 1 aliphatic rings. The van der Waals surface area contributed by atoms with Crippen LogP contribution in [0, 0.1) is 20.8 Å². The molecule has 1 aliphatic heterocycles. The van der Waals surface area contributed by atoms with E-state index in [1.165, 1.54) is 0 Å². The van der Waals surface area contributed by atoms with E-state index in [2.05, 4.69) is 15.3 Å². The Kier molecular flexibility index (Phi) is 3.96. The molecule has 0 aromatic carbocycles. The number of carbonyl (C=O) groups is 1. The largest absolute Gasteiger partial charge is 0.361 e. The summed E-state index contributed by atoms with van der Waals surface area (Å²) >= 11 is 0. The lowest BCUT2D eigenvalue weighted by molar-refractivity contribution is -0.135. The van der Waals surface area contributed by atoms with Crippen molar-refractivity contribution in [2.45, 2.75) is 52.5 Å². The third-order valence-corrected chi connectivity index (χ3v) is 4.16. The summed E-state index contributed by atoms with van der Waals surface area (Å²) in [7, 11) is 0. The first-order valence-corrected chi connectivity index (χ1v) is 7.57. The van der Waals surface area contributed by atoms with E-state index >= 15 is 0 Å². The fourth-order valence-corrected chi connectivity index (χ4v) is 2.94. The number of aryl methyl sites for hydroxylation is 3. The summed E-state index contributed by atoms with van der Waals surface area (Å²) in [6.07, 6.45) is 3.21. The first kappa shape index (κ1) is 14.7. The summed E-state index contributed by atoms with van der Waals surface area (Å²) in [6, 6.07) is -0.122. The smallest absolute Gasteiger partial charge is 0.249 e. The molecule has 3 heterocycles. The molecule has 0 spiro atoms. The lowest BCUT2D eigenvalue weighted by Crippen LogP contribution is -2.39. The minimum Gasteiger partial charge on any atom is -0.361 e. The predicted molar refractivity (Wildman–Crippen MR) is 77.0 cm³/mol. The number of likely N-dealkylation sites (tertiary alicyclic amines) is 1. The average molecular weight is 304 g/mol. The second-order valence-corrected chi connectivity index (χ2v) is 5.76. The number of amides is 1. The highest BCUT2D eigenvalue weighted by Gasteiger charge is 2.32. The number of nitrogens with zero attached hydrogens (tertiary/aromatic N) is 4. The van der Waals surface area contributed by atoms with Crippen molar-refractivity contribution >= 4 is 5.91 Å². The maximum Gasteiger partial charge on any atom is 0.249 e. The van der Waals surface area contributed by atoms with Crippen molar-refractivity contribution in [1.29, 1.82) is 0 Å². The maximum absolute atomic E-state index is 12.7. The van der Waals surface area contributed by atoms with Crippen molar-refractivity contribution in [1.82, 2.24) is 20.2 Å². The Balaban J connectivity index is 1.80. The molecular formula is C15H20N4O3. The molecular weight excluding hydrogens is 284 g/mol. The Morgan fingerprint density at radius 3 is 2.68 bits per heavy atom. The van der Waals surface area contributed by atoms with Gasteiger partial charge < -0.3 is 13.9 Å². The Morgan fingerprint density at radius 1 is 1.23 bits per heavy atom. The van der Waals surface area contributed by atoms with Gasteiger partial charge >= 0.3 is 0 Å². The van der Waals surface area contributed by atoms with E-state index in [0.717, 1.165) is 30.5 Å². The lowest BCUT2D eigenvalue weighted by Gasteiger charge is -2.33. The Morgan fingerprint density at radius 2 is 2.05 bits per heavy atom. The van der Waals surface area contributed by atoms with Crippen LogP contribution in [0.25, 0.3) is 0 Å². The standard InChI is InChI=1S/C15H20N4O3/c1-9-12(10(2)21-17-9)8-14(20)19-7-5-4-6-13(19)15-16-11(3)18-22-15/h13H,4-8H2,1-3H3. The average Bonchev–Trinajstić information content (AvgIpc) is 3.08. The molecule has 3 rings (SSSR count). The molecule has 2 aromatic heterocycles. The van der Waals surface area contributed by atoms with E-state index in [1.807, 2.05) is 18.7 Å². The quantitative estimate of drug-likeness (QED) is 0.864. The molecule has 0 saturated carbocycles. The van der Waals surface area contributed by atoms with Crippen molar-refractivity contribution in [3.63, 3.8) is 0 Å². The molecule has 1 atom stereocenters. The van der Waals surface area contributed by atoms with Crippen LogP contribution in [0.5, 0.6) is 0 Å². The van der Waals surface area contributed by atoms with E-state index in [-0.39, 0.29) is 11.9 Å². The van der Waals surface area contributed by atoms with Crippen LogP contribution in [0.15, 0.2) is 9.05 Å². The van der Waals surface area contributed by atoms with Crippen LogP contribution < -0.4 is 0 Å². The van der Waals surface area contributed by atoms with Gasteiger partial charge in [-0.25, -0.2) is 0 Å². The highest BCUT2D eigenvalue weighted by atomic mass is 16.5. The summed E-state index contributed by atoms with van der Waals surface area (Å²) in [6.45, 7) is 6.19. The van der Waals surface area contributed by atoms with Crippen LogP contribution >= 0.6 is 0 Å². The van der Waals surface area contributed by atoms with Gasteiger partial charge in [-0.1, -0.05) is 10.3 Å². The molecule has 1 unspecified atom stereocenters. The van der Waals surface area contributed by atoms with Crippen molar-refractivity contribution in [2.75, 3.05) is 6.54 Å². The highest BCUT2D eigenvalue weighted by Crippen LogP contribution is 2.30. The SMILES string of the molecule is Cc1noc(C2CCCCN2C(=O)Cc2c(C)noc2C)n1. The zero-order chi connectivity index (χ0) is 15.7. The summed E-state index contributed by atoms with van der Waals surface area (Å²) in [5.41, 5.74) is 1.64. The molecule has 1 saturated heterocycles. The maximum atomic E-state index is 12.7. The second kappa shape index (κ2) is 5.90. The van der Waals surface area contributed by atoms with Gasteiger partial charge in [0.2, 0.25) is 11.8 Å². The molecule has 7 heteroatoms. The Hall–Kier alpha value is -2.18. The highest BCUT2D eigenvalue weighted by molar-refractivity contribution is 5.79. The van der Waals surface area contributed by atoms with Gasteiger partial charge in [0, 0.05) is 12.1 Å². The third-order valence-electron chi connectivity index (χ3n) is 4.16. The van der Waals surface area contributed by atoms with Crippen molar-refractivity contribution < 1.29 is 13.8 Å². The van der Waals surface area contributed by atoms with Gasteiger partial charge in [0.1, 0.15) is 11.8 Å². The van der Waals surface area contributed by atoms with Crippen LogP contribution in [-0.4, -0.2) is 32.6 Å². The van der Waals surface area contributed by atoms with Crippen LogP contribution in [0.1, 0.15) is 54.0 Å². The van der Waals surface area contributed by atoms with E-state index in [4.69, 9.17) is 9.05 Å². The lowest BCUT2D eigenvalue weighted by atomic mass is 10.0. The van der Waals surface area contributed by atoms with Crippen LogP contribution in [0.3, 0.4) is 0 Å². The predicted octanol–water partition coefficient (Wildman–Crippen LogP) is 2.28. The molecule has 0 N–H and O–H groups in total. The number of carbonyl (C=O) groups excluding carboxylic acids is 1. The summed E-state index contributed by atoms with van der Waals surface area (Å²) in [5.74, 6) is 1.88. The molecule has 7 nitrogen and oxygen atoms in total. The normalized spacial score (nSPS) is 18.7. The van der Waals surface area contributed by atoms with Crippen LogP contribution in [-0.2, 0) is 11.2 Å². The van der Waals surface area contributed by atoms with Crippen LogP contribution in [0.4, 0.5) is 0 Å². The van der Waals surface area contributed by atoms with Gasteiger partial charge in [-0.2, -0.15) is 4.98 Å². The van der Waals surface area contributed by atoms with E-state index in [1.54, 1.807) is 6.92 Å². The second-order valence-electron chi connectivity index (χ2n) is 5.76. The fraction of sp³-hybridized carbons (Fsp3) is 0.600. The number of hydrogen-bond acceptors (Lipinski definition) is 6. The van der Waals surface area contributed by atoms with Crippen molar-refractivity contribution in [2.24, 2.45) is 0 Å². The van der Waals surface area contributed by atoms with Gasteiger partial charge in [0.25, 0.3) is 0 Å². The minimum absolute atomic E-state index is 0.0509. The minimum atomic E-state index is -0.122. The molecule has 0 radical (unpaired) electrons. The number of rotatable bonds is 3. The van der Waals surface area contributed by atoms with Gasteiger partial charge in [0.05, 0.1) is 12.1 Å². The van der Waals surface area contributed by atoms with Gasteiger partial charge in [-0.15, -0.1) is 0 Å². The summed E-state index contributed by atoms with van der Waals surface area (Å²) in [4.78, 5) is 18.9. The van der Waals surface area contributed by atoms with Gasteiger partial charge in [-0.3, -0.25) is 4.79 Å². The molecule has 1 fully saturated rings. The van der Waals surface area contributed by atoms with Gasteiger partial charge in [0.15, 0.2) is 5.82 Å². The first-order chi connectivity index (χ1) is 10.6. The summed E-state index contributed by atoms with van der Waals surface area (Å²) in [5, 5.41) is 7.75. The number of hydrogen-bond donors (Lipinski definition) is 0. The van der Waals surface area contributed by atoms with Crippen molar-refractivity contribution in [3.05, 3.63) is 28.7 Å². The molecule has 2 aromatic rings. The molecule has 0 bridgehead atoms. The number of aromatic nitrogens is 3. The van der Waals surface area contributed by atoms with Gasteiger partial charge in [-0.05, 0) is 40.0 Å². The van der Waals surface area contributed by atoms with E-state index < -0.39 is 0 Å². The fourth-order valence-electron chi connectivity index (χ4n) is 2.94. The molecule has 22 heavy (non-hydrogen) atoms. The zero-order valence-corrected chi connectivity index (χ0v) is 13.1. The van der Waals surface area contributed by atoms with E-state index in [9.17, 15) is 4.79 Å². The Bertz CT molecular complexity index is 657. The molecule has 118 valence electrons. The topological polar surface area (TPSA) is 85.3 Å². The van der Waals surface area contributed by atoms with E-state index in [0.29, 0.717) is 30.4 Å². The molecule has 0 aliphatic carbocycles. The zero-order valence-electron chi connectivity index (χ0n) is 13.1. The van der Waals surface area contributed by atoms with Crippen LogP contribution in [0.2, 0.25) is 0 Å². The summed E-state index contributed by atoms with van der Waals surface area (Å²) < 4.78 is 10.4. The third kappa shape index (κ3) is 2.75. The molecule has 1 amide bonds. The van der Waals surface area contributed by atoms with Crippen molar-refractivity contribution in [3.8, 4) is 0 Å². The number of piperidine rings is 1. The first-order valence-electron chi connectivity index (χ1n) is 7.57.